The Hall–Kier alpha value is -2.41. The predicted octanol–water partition coefficient (Wildman–Crippen LogP) is 3.09. The summed E-state index contributed by atoms with van der Waals surface area (Å²) in [6.07, 6.45) is 1.59. The molecule has 0 aliphatic carbocycles. The molecule has 1 aromatic heterocycles. The van der Waals surface area contributed by atoms with Crippen LogP contribution in [0.4, 0.5) is 5.82 Å². The van der Waals surface area contributed by atoms with Crippen LogP contribution in [0.25, 0.3) is 0 Å². The molecule has 0 amide bonds. The van der Waals surface area contributed by atoms with Crippen molar-refractivity contribution in [3.8, 4) is 6.07 Å². The molecule has 4 heteroatoms. The summed E-state index contributed by atoms with van der Waals surface area (Å²) in [5, 5.41) is 21.0. The third kappa shape index (κ3) is 2.94. The Kier molecular flexibility index (Phi) is 4.67. The number of hydrogen-bond acceptors (Lipinski definition) is 4. The van der Waals surface area contributed by atoms with Crippen LogP contribution in [0.1, 0.15) is 36.2 Å². The van der Waals surface area contributed by atoms with Crippen LogP contribution in [-0.4, -0.2) is 10.2 Å². The van der Waals surface area contributed by atoms with Crippen molar-refractivity contribution in [2.45, 2.75) is 33.2 Å². The fourth-order valence-corrected chi connectivity index (χ4v) is 2.20. The number of nitrogens with zero attached hydrogens (tertiary/aromatic N) is 3. The van der Waals surface area contributed by atoms with E-state index in [0.717, 1.165) is 29.7 Å². The van der Waals surface area contributed by atoms with Gasteiger partial charge in [-0.3, -0.25) is 0 Å². The van der Waals surface area contributed by atoms with E-state index in [1.807, 2.05) is 44.2 Å². The summed E-state index contributed by atoms with van der Waals surface area (Å²) in [5.41, 5.74) is 3.68. The van der Waals surface area contributed by atoms with Gasteiger partial charge in [0.05, 0.1) is 5.69 Å². The van der Waals surface area contributed by atoms with Gasteiger partial charge in [0.25, 0.3) is 0 Å². The van der Waals surface area contributed by atoms with Crippen molar-refractivity contribution in [3.63, 3.8) is 0 Å². The average molecular weight is 266 g/mol. The van der Waals surface area contributed by atoms with Gasteiger partial charge in [0.2, 0.25) is 0 Å². The summed E-state index contributed by atoms with van der Waals surface area (Å²) in [5.74, 6) is 0.574. The molecule has 0 radical (unpaired) electrons. The summed E-state index contributed by atoms with van der Waals surface area (Å²) < 4.78 is 0. The van der Waals surface area contributed by atoms with Gasteiger partial charge in [-0.2, -0.15) is 10.4 Å². The fraction of sp³-hybridized carbons (Fsp3) is 0.312. The Balaban J connectivity index is 2.26. The molecule has 20 heavy (non-hydrogen) atoms. The molecule has 1 aromatic carbocycles. The summed E-state index contributed by atoms with van der Waals surface area (Å²) in [7, 11) is 0. The smallest absolute Gasteiger partial charge is 0.167 e. The van der Waals surface area contributed by atoms with E-state index in [1.165, 1.54) is 0 Å². The fourth-order valence-electron chi connectivity index (χ4n) is 2.20. The molecule has 0 aliphatic rings. The van der Waals surface area contributed by atoms with Gasteiger partial charge in [0.1, 0.15) is 11.6 Å². The normalized spacial score (nSPS) is 10.1. The number of nitriles is 1. The lowest BCUT2D eigenvalue weighted by molar-refractivity contribution is 0.869. The van der Waals surface area contributed by atoms with E-state index < -0.39 is 0 Å². The van der Waals surface area contributed by atoms with Crippen molar-refractivity contribution in [2.24, 2.45) is 0 Å². The van der Waals surface area contributed by atoms with E-state index in [4.69, 9.17) is 0 Å². The van der Waals surface area contributed by atoms with Crippen molar-refractivity contribution in [1.29, 1.82) is 5.26 Å². The van der Waals surface area contributed by atoms with E-state index in [-0.39, 0.29) is 0 Å². The Morgan fingerprint density at radius 3 is 2.45 bits per heavy atom. The third-order valence-electron chi connectivity index (χ3n) is 3.26. The molecule has 2 rings (SSSR count). The topological polar surface area (TPSA) is 61.6 Å². The van der Waals surface area contributed by atoms with E-state index in [0.29, 0.717) is 17.9 Å². The maximum Gasteiger partial charge on any atom is 0.167 e. The highest BCUT2D eigenvalue weighted by Crippen LogP contribution is 2.20. The number of nitrogens with one attached hydrogen (secondary N) is 1. The molecule has 4 nitrogen and oxygen atoms in total. The first-order chi connectivity index (χ1) is 9.80. The van der Waals surface area contributed by atoms with Gasteiger partial charge in [-0.15, -0.1) is 5.10 Å². The second-order valence-electron chi connectivity index (χ2n) is 4.51. The number of hydrogen-bond donors (Lipinski definition) is 1. The molecule has 1 N–H and O–H groups in total. The number of rotatable bonds is 5. The van der Waals surface area contributed by atoms with Gasteiger partial charge in [0, 0.05) is 6.54 Å². The minimum Gasteiger partial charge on any atom is -0.363 e. The van der Waals surface area contributed by atoms with Crippen molar-refractivity contribution < 1.29 is 0 Å². The van der Waals surface area contributed by atoms with Crippen LogP contribution in [0.5, 0.6) is 0 Å². The largest absolute Gasteiger partial charge is 0.363 e. The van der Waals surface area contributed by atoms with Crippen molar-refractivity contribution in [2.75, 3.05) is 5.32 Å². The lowest BCUT2D eigenvalue weighted by Crippen LogP contribution is -2.09. The molecule has 0 bridgehead atoms. The number of benzene rings is 1. The van der Waals surface area contributed by atoms with Gasteiger partial charge in [-0.25, -0.2) is 0 Å². The van der Waals surface area contributed by atoms with Crippen LogP contribution in [0.2, 0.25) is 0 Å². The quantitative estimate of drug-likeness (QED) is 0.903. The molecule has 0 spiro atoms. The maximum absolute atomic E-state index is 9.39. The van der Waals surface area contributed by atoms with Gasteiger partial charge >= 0.3 is 0 Å². The zero-order valence-electron chi connectivity index (χ0n) is 11.8. The number of anilines is 1. The monoisotopic (exact) mass is 266 g/mol. The van der Waals surface area contributed by atoms with Gasteiger partial charge in [0.15, 0.2) is 5.82 Å². The Morgan fingerprint density at radius 1 is 1.10 bits per heavy atom. The highest BCUT2D eigenvalue weighted by atomic mass is 15.2. The molecule has 0 saturated heterocycles. The maximum atomic E-state index is 9.39. The lowest BCUT2D eigenvalue weighted by atomic mass is 10.0. The van der Waals surface area contributed by atoms with Gasteiger partial charge in [-0.05, 0) is 24.0 Å². The molecular weight excluding hydrogens is 248 g/mol. The Bertz CT molecular complexity index is 614. The summed E-state index contributed by atoms with van der Waals surface area (Å²) in [6, 6.07) is 12.3. The zero-order valence-corrected chi connectivity index (χ0v) is 11.8. The molecule has 102 valence electrons. The standard InChI is InChI=1S/C16H18N4/c1-3-13-14(10-17)16(20-19-15(13)4-2)18-11-12-8-6-5-7-9-12/h5-9H,3-4,11H2,1-2H3,(H,18,20). The zero-order chi connectivity index (χ0) is 14.4. The number of aromatic nitrogens is 2. The van der Waals surface area contributed by atoms with Gasteiger partial charge < -0.3 is 5.32 Å². The van der Waals surface area contributed by atoms with E-state index in [1.54, 1.807) is 0 Å². The van der Waals surface area contributed by atoms with E-state index >= 15 is 0 Å². The molecule has 0 aliphatic heterocycles. The number of aryl methyl sites for hydroxylation is 1. The minimum absolute atomic E-state index is 0.574. The van der Waals surface area contributed by atoms with E-state index in [9.17, 15) is 5.26 Å². The van der Waals surface area contributed by atoms with Crippen LogP contribution in [0, 0.1) is 11.3 Å². The molecule has 0 unspecified atom stereocenters. The average Bonchev–Trinajstić information content (AvgIpc) is 2.52. The third-order valence-corrected chi connectivity index (χ3v) is 3.26. The first kappa shape index (κ1) is 14.0. The summed E-state index contributed by atoms with van der Waals surface area (Å²) in [6.45, 7) is 4.71. The van der Waals surface area contributed by atoms with Crippen molar-refractivity contribution in [1.82, 2.24) is 10.2 Å². The lowest BCUT2D eigenvalue weighted by Gasteiger charge is -2.12. The molecular formula is C16H18N4. The molecule has 0 fully saturated rings. The summed E-state index contributed by atoms with van der Waals surface area (Å²) in [4.78, 5) is 0. The van der Waals surface area contributed by atoms with E-state index in [2.05, 4.69) is 21.6 Å². The second-order valence-corrected chi connectivity index (χ2v) is 4.51. The highest BCUT2D eigenvalue weighted by Gasteiger charge is 2.13. The molecule has 0 atom stereocenters. The van der Waals surface area contributed by atoms with Crippen LogP contribution in [-0.2, 0) is 19.4 Å². The minimum atomic E-state index is 0.574. The first-order valence-electron chi connectivity index (χ1n) is 6.86. The van der Waals surface area contributed by atoms with Gasteiger partial charge in [-0.1, -0.05) is 44.2 Å². The van der Waals surface area contributed by atoms with Crippen LogP contribution >= 0.6 is 0 Å². The van der Waals surface area contributed by atoms with Crippen LogP contribution in [0.3, 0.4) is 0 Å². The SMILES string of the molecule is CCc1nnc(NCc2ccccc2)c(C#N)c1CC. The second kappa shape index (κ2) is 6.67. The van der Waals surface area contributed by atoms with Crippen molar-refractivity contribution in [3.05, 3.63) is 52.7 Å². The van der Waals surface area contributed by atoms with Crippen LogP contribution in [0.15, 0.2) is 30.3 Å². The van der Waals surface area contributed by atoms with Crippen LogP contribution < -0.4 is 5.32 Å². The first-order valence-corrected chi connectivity index (χ1v) is 6.86. The molecule has 0 saturated carbocycles. The Morgan fingerprint density at radius 2 is 1.85 bits per heavy atom. The Labute approximate surface area is 119 Å². The van der Waals surface area contributed by atoms with Crippen molar-refractivity contribution >= 4 is 5.82 Å². The predicted molar refractivity (Wildman–Crippen MR) is 79.3 cm³/mol. The molecule has 1 heterocycles. The molecule has 2 aromatic rings. The summed E-state index contributed by atoms with van der Waals surface area (Å²) >= 11 is 0. The highest BCUT2D eigenvalue weighted by molar-refractivity contribution is 5.56.